The maximum absolute atomic E-state index is 13.2. The molecule has 0 unspecified atom stereocenters. The van der Waals surface area contributed by atoms with Crippen molar-refractivity contribution in [2.45, 2.75) is 17.9 Å². The Morgan fingerprint density at radius 2 is 1.90 bits per heavy atom. The molecule has 3 aromatic rings. The minimum absolute atomic E-state index is 0.0398. The molecule has 31 heavy (non-hydrogen) atoms. The zero-order valence-electron chi connectivity index (χ0n) is 16.4. The number of benzene rings is 1. The van der Waals surface area contributed by atoms with Crippen LogP contribution in [0.25, 0.3) is 0 Å². The van der Waals surface area contributed by atoms with E-state index in [1.165, 1.54) is 16.6 Å². The minimum atomic E-state index is -3.85. The summed E-state index contributed by atoms with van der Waals surface area (Å²) >= 11 is 1.03. The van der Waals surface area contributed by atoms with Gasteiger partial charge in [-0.25, -0.2) is 8.42 Å². The second kappa shape index (κ2) is 8.96. The number of carbonyl (C=O) groups is 2. The molecule has 0 atom stereocenters. The number of fused-ring (bicyclic) bond motifs is 1. The van der Waals surface area contributed by atoms with E-state index in [9.17, 15) is 18.0 Å². The number of pyridine rings is 1. The zero-order chi connectivity index (χ0) is 21.8. The van der Waals surface area contributed by atoms with Gasteiger partial charge in [0, 0.05) is 19.3 Å². The van der Waals surface area contributed by atoms with E-state index in [0.29, 0.717) is 18.7 Å². The normalized spacial score (nSPS) is 13.9. The van der Waals surface area contributed by atoms with E-state index in [-0.39, 0.29) is 22.9 Å². The number of hydrogen-bond acceptors (Lipinski definition) is 6. The predicted molar refractivity (Wildman–Crippen MR) is 117 cm³/mol. The summed E-state index contributed by atoms with van der Waals surface area (Å²) in [6.07, 6.45) is 3.69. The third kappa shape index (κ3) is 4.66. The van der Waals surface area contributed by atoms with Gasteiger partial charge >= 0.3 is 0 Å². The van der Waals surface area contributed by atoms with Crippen molar-refractivity contribution in [3.63, 3.8) is 0 Å². The highest BCUT2D eigenvalue weighted by Crippen LogP contribution is 2.29. The molecule has 0 saturated heterocycles. The fourth-order valence-electron chi connectivity index (χ4n) is 3.36. The smallest absolute Gasteiger partial charge is 0.263 e. The fraction of sp³-hybridized carbons (Fsp3) is 0.190. The number of amides is 2. The van der Waals surface area contributed by atoms with E-state index >= 15 is 0 Å². The number of thiophene rings is 1. The average Bonchev–Trinajstić information content (AvgIpc) is 3.29. The van der Waals surface area contributed by atoms with E-state index in [1.807, 2.05) is 24.3 Å². The Labute approximate surface area is 184 Å². The van der Waals surface area contributed by atoms with Crippen molar-refractivity contribution in [2.24, 2.45) is 0 Å². The van der Waals surface area contributed by atoms with E-state index in [2.05, 4.69) is 15.6 Å². The number of carbonyl (C=O) groups excluding carboxylic acids is 2. The molecule has 3 heterocycles. The van der Waals surface area contributed by atoms with Crippen molar-refractivity contribution in [1.29, 1.82) is 0 Å². The van der Waals surface area contributed by atoms with Crippen LogP contribution in [0.1, 0.15) is 20.8 Å². The van der Waals surface area contributed by atoms with Crippen molar-refractivity contribution in [2.75, 3.05) is 18.4 Å². The summed E-state index contributed by atoms with van der Waals surface area (Å²) < 4.78 is 27.9. The molecule has 1 aliphatic heterocycles. The minimum Gasteiger partial charge on any atom is -0.342 e. The molecule has 1 aliphatic rings. The van der Waals surface area contributed by atoms with Gasteiger partial charge in [0.05, 0.1) is 18.4 Å². The first-order valence-corrected chi connectivity index (χ1v) is 11.9. The van der Waals surface area contributed by atoms with E-state index in [4.69, 9.17) is 0 Å². The largest absolute Gasteiger partial charge is 0.342 e. The molecule has 1 aromatic carbocycles. The summed E-state index contributed by atoms with van der Waals surface area (Å²) in [6, 6.07) is 12.5. The van der Waals surface area contributed by atoms with Crippen LogP contribution in [0.15, 0.2) is 65.1 Å². The molecule has 0 spiro atoms. The molecular weight excluding hydrogens is 436 g/mol. The standard InChI is InChI=1S/C21H20N4O4S2/c26-19(24-17-6-3-9-22-12-17)13-23-21(27)20-18(8-11-30-20)31(28,29)25-10-7-15-4-1-2-5-16(15)14-25/h1-6,8-9,11-12H,7,10,13-14H2,(H,23,27)(H,24,26). The maximum atomic E-state index is 13.2. The van der Waals surface area contributed by atoms with E-state index in [0.717, 1.165) is 22.5 Å². The van der Waals surface area contributed by atoms with Gasteiger partial charge in [0.1, 0.15) is 9.77 Å². The fourth-order valence-corrected chi connectivity index (χ4v) is 6.10. The Kier molecular flexibility index (Phi) is 6.12. The average molecular weight is 457 g/mol. The van der Waals surface area contributed by atoms with Crippen LogP contribution in [-0.2, 0) is 27.8 Å². The van der Waals surface area contributed by atoms with Gasteiger partial charge in [-0.15, -0.1) is 11.3 Å². The second-order valence-corrected chi connectivity index (χ2v) is 9.77. The summed E-state index contributed by atoms with van der Waals surface area (Å²) in [5.41, 5.74) is 2.61. The Hall–Kier alpha value is -3.08. The SMILES string of the molecule is O=C(CNC(=O)c1sccc1S(=O)(=O)N1CCc2ccccc2C1)Nc1cccnc1. The van der Waals surface area contributed by atoms with Crippen LogP contribution in [0.3, 0.4) is 0 Å². The quantitative estimate of drug-likeness (QED) is 0.592. The summed E-state index contributed by atoms with van der Waals surface area (Å²) in [5, 5.41) is 6.67. The van der Waals surface area contributed by atoms with Gasteiger partial charge in [-0.05, 0) is 41.1 Å². The number of nitrogens with one attached hydrogen (secondary N) is 2. The van der Waals surface area contributed by atoms with Crippen molar-refractivity contribution in [3.8, 4) is 0 Å². The third-order valence-electron chi connectivity index (χ3n) is 4.90. The molecule has 2 N–H and O–H groups in total. The van der Waals surface area contributed by atoms with Crippen molar-refractivity contribution in [3.05, 3.63) is 76.2 Å². The van der Waals surface area contributed by atoms with Gasteiger partial charge in [-0.2, -0.15) is 4.31 Å². The zero-order valence-corrected chi connectivity index (χ0v) is 18.1. The van der Waals surface area contributed by atoms with Crippen molar-refractivity contribution < 1.29 is 18.0 Å². The van der Waals surface area contributed by atoms with Crippen LogP contribution in [0.2, 0.25) is 0 Å². The van der Waals surface area contributed by atoms with Crippen molar-refractivity contribution in [1.82, 2.24) is 14.6 Å². The number of sulfonamides is 1. The number of hydrogen-bond donors (Lipinski definition) is 2. The monoisotopic (exact) mass is 456 g/mol. The molecule has 2 aromatic heterocycles. The first kappa shape index (κ1) is 21.2. The van der Waals surface area contributed by atoms with Crippen LogP contribution < -0.4 is 10.6 Å². The van der Waals surface area contributed by atoms with Gasteiger partial charge in [-0.1, -0.05) is 24.3 Å². The number of nitrogens with zero attached hydrogens (tertiary/aromatic N) is 2. The lowest BCUT2D eigenvalue weighted by Gasteiger charge is -2.28. The van der Waals surface area contributed by atoms with Crippen LogP contribution in [0.5, 0.6) is 0 Å². The first-order valence-electron chi connectivity index (χ1n) is 9.57. The lowest BCUT2D eigenvalue weighted by Crippen LogP contribution is -2.37. The summed E-state index contributed by atoms with van der Waals surface area (Å²) in [7, 11) is -3.85. The molecule has 160 valence electrons. The van der Waals surface area contributed by atoms with Gasteiger partial charge in [0.2, 0.25) is 15.9 Å². The Balaban J connectivity index is 1.44. The highest BCUT2D eigenvalue weighted by Gasteiger charge is 2.32. The number of rotatable bonds is 6. The highest BCUT2D eigenvalue weighted by molar-refractivity contribution is 7.89. The molecule has 10 heteroatoms. The third-order valence-corrected chi connectivity index (χ3v) is 7.83. The molecule has 0 bridgehead atoms. The summed E-state index contributed by atoms with van der Waals surface area (Å²) in [4.78, 5) is 28.6. The molecular formula is C21H20N4O4S2. The maximum Gasteiger partial charge on any atom is 0.263 e. The van der Waals surface area contributed by atoms with E-state index in [1.54, 1.807) is 23.7 Å². The van der Waals surface area contributed by atoms with Gasteiger partial charge < -0.3 is 10.6 Å². The van der Waals surface area contributed by atoms with Crippen LogP contribution in [0, 0.1) is 0 Å². The number of aromatic nitrogens is 1. The number of anilines is 1. The Bertz CT molecular complexity index is 1210. The second-order valence-electron chi connectivity index (χ2n) is 6.94. The van der Waals surface area contributed by atoms with Gasteiger partial charge in [0.25, 0.3) is 5.91 Å². The molecule has 0 radical (unpaired) electrons. The summed E-state index contributed by atoms with van der Waals surface area (Å²) in [6.45, 7) is 0.328. The molecule has 0 saturated carbocycles. The Morgan fingerprint density at radius 3 is 2.68 bits per heavy atom. The predicted octanol–water partition coefficient (Wildman–Crippen LogP) is 2.26. The van der Waals surface area contributed by atoms with Gasteiger partial charge in [-0.3, -0.25) is 14.6 Å². The lowest BCUT2D eigenvalue weighted by atomic mass is 10.0. The topological polar surface area (TPSA) is 108 Å². The highest BCUT2D eigenvalue weighted by atomic mass is 32.2. The molecule has 4 rings (SSSR count). The molecule has 0 aliphatic carbocycles. The van der Waals surface area contributed by atoms with Crippen LogP contribution >= 0.6 is 11.3 Å². The summed E-state index contributed by atoms with van der Waals surface area (Å²) in [5.74, 6) is -1.04. The lowest BCUT2D eigenvalue weighted by molar-refractivity contribution is -0.115. The van der Waals surface area contributed by atoms with Crippen LogP contribution in [-0.4, -0.2) is 42.6 Å². The van der Waals surface area contributed by atoms with Crippen LogP contribution in [0.4, 0.5) is 5.69 Å². The van der Waals surface area contributed by atoms with Crippen molar-refractivity contribution >= 4 is 38.9 Å². The molecule has 8 nitrogen and oxygen atoms in total. The molecule has 2 amide bonds. The Morgan fingerprint density at radius 1 is 1.10 bits per heavy atom. The molecule has 0 fully saturated rings. The first-order chi connectivity index (χ1) is 14.9. The van der Waals surface area contributed by atoms with Gasteiger partial charge in [0.15, 0.2) is 0 Å². The van der Waals surface area contributed by atoms with E-state index < -0.39 is 21.8 Å².